The molecule has 0 spiro atoms. The van der Waals surface area contributed by atoms with Gasteiger partial charge in [-0.15, -0.1) is 0 Å². The lowest BCUT2D eigenvalue weighted by Crippen LogP contribution is -2.19. The van der Waals surface area contributed by atoms with Gasteiger partial charge in [0.25, 0.3) is 0 Å². The van der Waals surface area contributed by atoms with Crippen LogP contribution >= 0.6 is 35.0 Å². The lowest BCUT2D eigenvalue weighted by atomic mass is 10.3. The molecule has 0 aliphatic heterocycles. The summed E-state index contributed by atoms with van der Waals surface area (Å²) >= 11 is 14.2. The molecule has 0 saturated heterocycles. The zero-order chi connectivity index (χ0) is 14.3. The molecule has 1 heterocycles. The van der Waals surface area contributed by atoms with Crippen LogP contribution in [0.3, 0.4) is 0 Å². The van der Waals surface area contributed by atoms with E-state index in [0.29, 0.717) is 27.7 Å². The number of anilines is 2. The Balaban J connectivity index is 2.76. The van der Waals surface area contributed by atoms with Gasteiger partial charge < -0.3 is 10.6 Å². The first-order valence-electron chi connectivity index (χ1n) is 6.52. The van der Waals surface area contributed by atoms with E-state index in [-0.39, 0.29) is 0 Å². The van der Waals surface area contributed by atoms with E-state index < -0.39 is 0 Å². The van der Waals surface area contributed by atoms with Crippen molar-refractivity contribution in [2.45, 2.75) is 33.2 Å². The summed E-state index contributed by atoms with van der Waals surface area (Å²) in [5, 5.41) is 7.64. The van der Waals surface area contributed by atoms with Crippen molar-refractivity contribution in [3.05, 3.63) is 16.1 Å². The summed E-state index contributed by atoms with van der Waals surface area (Å²) in [6, 6.07) is 2.05. The Bertz CT molecular complexity index is 402. The van der Waals surface area contributed by atoms with E-state index in [2.05, 4.69) is 36.4 Å². The molecule has 0 saturated carbocycles. The monoisotopic (exact) mass is 321 g/mol. The van der Waals surface area contributed by atoms with Crippen LogP contribution in [0.2, 0.25) is 10.0 Å². The summed E-state index contributed by atoms with van der Waals surface area (Å²) in [5.74, 6) is 3.51. The van der Waals surface area contributed by atoms with Crippen LogP contribution in [0, 0.1) is 0 Å². The topological polar surface area (TPSA) is 37.0 Å². The quantitative estimate of drug-likeness (QED) is 0.723. The molecular formula is C13H21Cl2N3S. The molecule has 3 nitrogen and oxygen atoms in total. The molecule has 0 bridgehead atoms. The summed E-state index contributed by atoms with van der Waals surface area (Å²) in [6.45, 7) is 7.21. The highest BCUT2D eigenvalue weighted by atomic mass is 35.5. The second kappa shape index (κ2) is 8.77. The molecule has 6 heteroatoms. The van der Waals surface area contributed by atoms with Crippen molar-refractivity contribution in [2.24, 2.45) is 0 Å². The summed E-state index contributed by atoms with van der Waals surface area (Å²) < 4.78 is 0. The standard InChI is InChI=1S/C13H21Cl2N3S/c1-4-6-16-12-10(14)7-11(15)13(18-12)17-9(3)8-19-5-2/h7,9H,4-6,8H2,1-3H3,(H2,16,17,18). The van der Waals surface area contributed by atoms with Crippen molar-refractivity contribution >= 4 is 46.6 Å². The van der Waals surface area contributed by atoms with E-state index in [4.69, 9.17) is 23.2 Å². The van der Waals surface area contributed by atoms with Crippen LogP contribution in [-0.2, 0) is 0 Å². The van der Waals surface area contributed by atoms with E-state index in [1.165, 1.54) is 0 Å². The molecule has 1 unspecified atom stereocenters. The van der Waals surface area contributed by atoms with Gasteiger partial charge >= 0.3 is 0 Å². The van der Waals surface area contributed by atoms with Crippen LogP contribution in [0.25, 0.3) is 0 Å². The number of thioether (sulfide) groups is 1. The zero-order valence-electron chi connectivity index (χ0n) is 11.6. The van der Waals surface area contributed by atoms with E-state index in [0.717, 1.165) is 24.5 Å². The fourth-order valence-electron chi connectivity index (χ4n) is 1.50. The Kier molecular flexibility index (Phi) is 7.73. The third kappa shape index (κ3) is 5.67. The van der Waals surface area contributed by atoms with Gasteiger partial charge in [0.05, 0.1) is 10.0 Å². The van der Waals surface area contributed by atoms with Crippen molar-refractivity contribution in [3.8, 4) is 0 Å². The second-order valence-corrected chi connectivity index (χ2v) is 6.41. The molecule has 1 rings (SSSR count). The predicted molar refractivity (Wildman–Crippen MR) is 89.1 cm³/mol. The molecule has 0 fully saturated rings. The average molecular weight is 322 g/mol. The Hall–Kier alpha value is -0.320. The van der Waals surface area contributed by atoms with Gasteiger partial charge in [-0.3, -0.25) is 0 Å². The third-order valence-corrected chi connectivity index (χ3v) is 4.15. The molecule has 1 atom stereocenters. The Morgan fingerprint density at radius 1 is 1.26 bits per heavy atom. The number of hydrogen-bond acceptors (Lipinski definition) is 4. The maximum absolute atomic E-state index is 6.17. The van der Waals surface area contributed by atoms with Gasteiger partial charge in [-0.1, -0.05) is 37.0 Å². The minimum Gasteiger partial charge on any atom is -0.369 e. The van der Waals surface area contributed by atoms with Crippen LogP contribution in [0.4, 0.5) is 11.6 Å². The molecule has 1 aromatic heterocycles. The second-order valence-electron chi connectivity index (χ2n) is 4.28. The van der Waals surface area contributed by atoms with Crippen molar-refractivity contribution in [1.29, 1.82) is 0 Å². The molecular weight excluding hydrogens is 301 g/mol. The highest BCUT2D eigenvalue weighted by Gasteiger charge is 2.11. The molecule has 0 radical (unpaired) electrons. The number of nitrogens with one attached hydrogen (secondary N) is 2. The van der Waals surface area contributed by atoms with Crippen molar-refractivity contribution in [3.63, 3.8) is 0 Å². The zero-order valence-corrected chi connectivity index (χ0v) is 13.9. The average Bonchev–Trinajstić information content (AvgIpc) is 2.38. The molecule has 1 aromatic rings. The van der Waals surface area contributed by atoms with E-state index >= 15 is 0 Å². The minimum absolute atomic E-state index is 0.315. The van der Waals surface area contributed by atoms with Crippen LogP contribution in [-0.4, -0.2) is 29.1 Å². The SMILES string of the molecule is CCCNc1nc(NC(C)CSCC)c(Cl)cc1Cl. The Morgan fingerprint density at radius 2 is 1.95 bits per heavy atom. The minimum atomic E-state index is 0.315. The molecule has 108 valence electrons. The molecule has 2 N–H and O–H groups in total. The van der Waals surface area contributed by atoms with Crippen molar-refractivity contribution in [2.75, 3.05) is 28.7 Å². The van der Waals surface area contributed by atoms with Crippen LogP contribution < -0.4 is 10.6 Å². The molecule has 0 aromatic carbocycles. The third-order valence-electron chi connectivity index (χ3n) is 2.43. The summed E-state index contributed by atoms with van der Waals surface area (Å²) in [7, 11) is 0. The Morgan fingerprint density at radius 3 is 2.58 bits per heavy atom. The maximum Gasteiger partial charge on any atom is 0.147 e. The van der Waals surface area contributed by atoms with Gasteiger partial charge in [0.1, 0.15) is 11.6 Å². The Labute approximate surface area is 129 Å². The van der Waals surface area contributed by atoms with Gasteiger partial charge in [-0.2, -0.15) is 11.8 Å². The number of pyridine rings is 1. The van der Waals surface area contributed by atoms with Gasteiger partial charge in [0.15, 0.2) is 0 Å². The van der Waals surface area contributed by atoms with Crippen LogP contribution in [0.5, 0.6) is 0 Å². The van der Waals surface area contributed by atoms with Gasteiger partial charge in [-0.25, -0.2) is 4.98 Å². The largest absolute Gasteiger partial charge is 0.369 e. The summed E-state index contributed by atoms with van der Waals surface area (Å²) in [6.07, 6.45) is 1.02. The number of halogens is 2. The molecule has 19 heavy (non-hydrogen) atoms. The number of aromatic nitrogens is 1. The first-order valence-corrected chi connectivity index (χ1v) is 8.43. The fourth-order valence-corrected chi connectivity index (χ4v) is 2.66. The van der Waals surface area contributed by atoms with Crippen molar-refractivity contribution < 1.29 is 0 Å². The molecule has 0 aliphatic rings. The van der Waals surface area contributed by atoms with Gasteiger partial charge in [0.2, 0.25) is 0 Å². The number of rotatable bonds is 8. The fraction of sp³-hybridized carbons (Fsp3) is 0.615. The first-order chi connectivity index (χ1) is 9.08. The van der Waals surface area contributed by atoms with E-state index in [9.17, 15) is 0 Å². The van der Waals surface area contributed by atoms with Crippen LogP contribution in [0.1, 0.15) is 27.2 Å². The first kappa shape index (κ1) is 16.7. The van der Waals surface area contributed by atoms with E-state index in [1.54, 1.807) is 6.07 Å². The van der Waals surface area contributed by atoms with E-state index in [1.807, 2.05) is 11.8 Å². The summed E-state index contributed by atoms with van der Waals surface area (Å²) in [4.78, 5) is 4.46. The normalized spacial score (nSPS) is 12.3. The lowest BCUT2D eigenvalue weighted by Gasteiger charge is -2.16. The van der Waals surface area contributed by atoms with Crippen molar-refractivity contribution in [1.82, 2.24) is 4.98 Å². The lowest BCUT2D eigenvalue weighted by molar-refractivity contribution is 0.900. The van der Waals surface area contributed by atoms with Crippen LogP contribution in [0.15, 0.2) is 6.07 Å². The van der Waals surface area contributed by atoms with Gasteiger partial charge in [-0.05, 0) is 25.2 Å². The summed E-state index contributed by atoms with van der Waals surface area (Å²) in [5.41, 5.74) is 0. The smallest absolute Gasteiger partial charge is 0.147 e. The highest BCUT2D eigenvalue weighted by Crippen LogP contribution is 2.29. The maximum atomic E-state index is 6.17. The molecule has 0 amide bonds. The molecule has 0 aliphatic carbocycles. The number of hydrogen-bond donors (Lipinski definition) is 2. The highest BCUT2D eigenvalue weighted by molar-refractivity contribution is 7.99. The van der Waals surface area contributed by atoms with Gasteiger partial charge in [0, 0.05) is 18.3 Å². The predicted octanol–water partition coefficient (Wildman–Crippen LogP) is 4.76. The number of nitrogens with zero attached hydrogens (tertiary/aromatic N) is 1.